The summed E-state index contributed by atoms with van der Waals surface area (Å²) in [6.45, 7) is 16.9. The topological polar surface area (TPSA) is 36.9 Å². The highest BCUT2D eigenvalue weighted by atomic mass is 28.4. The van der Waals surface area contributed by atoms with Crippen molar-refractivity contribution in [2.45, 2.75) is 96.1 Å². The van der Waals surface area contributed by atoms with Gasteiger partial charge in [0.2, 0.25) is 8.32 Å². The Balaban J connectivity index is 1.84. The van der Waals surface area contributed by atoms with Gasteiger partial charge in [0.15, 0.2) is 0 Å². The molecule has 30 heavy (non-hydrogen) atoms. The average molecular weight is 433 g/mol. The Bertz CT molecular complexity index is 691. The zero-order chi connectivity index (χ0) is 22.1. The highest BCUT2D eigenvalue weighted by Crippen LogP contribution is 2.46. The van der Waals surface area contributed by atoms with E-state index in [2.05, 4.69) is 72.8 Å². The largest absolute Gasteiger partial charge is 0.497 e. The number of ether oxygens (including phenoxy) is 3. The van der Waals surface area contributed by atoms with Gasteiger partial charge in [-0.3, -0.25) is 0 Å². The minimum absolute atomic E-state index is 0.0346. The Kier molecular flexibility index (Phi) is 7.49. The van der Waals surface area contributed by atoms with Gasteiger partial charge in [-0.1, -0.05) is 72.8 Å². The molecule has 1 fully saturated rings. The molecule has 3 rings (SSSR count). The summed E-state index contributed by atoms with van der Waals surface area (Å²) >= 11 is 0. The molecule has 0 spiro atoms. The molecule has 1 aromatic carbocycles. The van der Waals surface area contributed by atoms with Gasteiger partial charge >= 0.3 is 0 Å². The van der Waals surface area contributed by atoms with Crippen LogP contribution in [0.2, 0.25) is 16.6 Å². The molecule has 5 heteroatoms. The van der Waals surface area contributed by atoms with Gasteiger partial charge in [-0.05, 0) is 34.3 Å². The van der Waals surface area contributed by atoms with E-state index in [4.69, 9.17) is 18.6 Å². The van der Waals surface area contributed by atoms with Crippen LogP contribution in [0, 0.1) is 5.92 Å². The number of hydrogen-bond donors (Lipinski definition) is 0. The first-order valence-electron chi connectivity index (χ1n) is 11.5. The minimum atomic E-state index is -2.03. The maximum atomic E-state index is 7.27. The van der Waals surface area contributed by atoms with Crippen LogP contribution in [0.3, 0.4) is 0 Å². The first-order valence-corrected chi connectivity index (χ1v) is 13.6. The number of fused-ring (bicyclic) bond motifs is 2. The molecule has 0 amide bonds. The SMILES string of the molecule is COc1ccc(CO[C@H]2[C@H](O[Si](C(C)C)(C(C)C)C(C)C)[C@@H](C)[C@@H]3C=C[C@H]2O3)cc1. The summed E-state index contributed by atoms with van der Waals surface area (Å²) in [6, 6.07) is 8.08. The molecule has 2 heterocycles. The van der Waals surface area contributed by atoms with E-state index in [0.29, 0.717) is 23.2 Å². The zero-order valence-electron chi connectivity index (χ0n) is 19.9. The molecule has 5 atom stereocenters. The molecule has 0 N–H and O–H groups in total. The second-order valence-corrected chi connectivity index (χ2v) is 15.2. The number of rotatable bonds is 9. The molecule has 0 aromatic heterocycles. The summed E-state index contributed by atoms with van der Waals surface area (Å²) < 4.78 is 25.3. The van der Waals surface area contributed by atoms with Crippen molar-refractivity contribution >= 4 is 8.32 Å². The second kappa shape index (κ2) is 9.56. The normalized spacial score (nSPS) is 28.7. The highest BCUT2D eigenvalue weighted by Gasteiger charge is 2.53. The third-order valence-electron chi connectivity index (χ3n) is 7.14. The fraction of sp³-hybridized carbons (Fsp3) is 0.680. The molecule has 2 bridgehead atoms. The van der Waals surface area contributed by atoms with Crippen LogP contribution >= 0.6 is 0 Å². The molecule has 0 aliphatic carbocycles. The highest BCUT2D eigenvalue weighted by molar-refractivity contribution is 6.77. The molecular formula is C25H40O4Si. The summed E-state index contributed by atoms with van der Waals surface area (Å²) in [5.74, 6) is 1.13. The lowest BCUT2D eigenvalue weighted by Crippen LogP contribution is -2.59. The number of hydrogen-bond acceptors (Lipinski definition) is 4. The Morgan fingerprint density at radius 3 is 1.97 bits per heavy atom. The monoisotopic (exact) mass is 432 g/mol. The smallest absolute Gasteiger partial charge is 0.200 e. The summed E-state index contributed by atoms with van der Waals surface area (Å²) in [4.78, 5) is 0. The van der Waals surface area contributed by atoms with Gasteiger partial charge in [0.25, 0.3) is 0 Å². The minimum Gasteiger partial charge on any atom is -0.497 e. The maximum absolute atomic E-state index is 7.27. The lowest BCUT2D eigenvalue weighted by Gasteiger charge is -2.50. The average Bonchev–Trinajstić information content (AvgIpc) is 3.15. The van der Waals surface area contributed by atoms with Crippen molar-refractivity contribution in [1.82, 2.24) is 0 Å². The predicted octanol–water partition coefficient (Wildman–Crippen LogP) is 6.11. The van der Waals surface area contributed by atoms with Crippen molar-refractivity contribution in [1.29, 1.82) is 0 Å². The standard InChI is InChI=1S/C25H40O4Si/c1-16(2)30(17(3)4,18(5)6)29-24-19(7)22-13-14-23(28-22)25(24)27-15-20-9-11-21(26-8)12-10-20/h9-14,16-19,22-25H,15H2,1-8H3/t19-,22-,23+,24+,25+/m0/s1. The van der Waals surface area contributed by atoms with Gasteiger partial charge in [0.1, 0.15) is 18.0 Å². The summed E-state index contributed by atoms with van der Waals surface area (Å²) in [5.41, 5.74) is 2.76. The van der Waals surface area contributed by atoms with Crippen molar-refractivity contribution in [2.75, 3.05) is 7.11 Å². The fourth-order valence-corrected chi connectivity index (χ4v) is 11.2. The van der Waals surface area contributed by atoms with E-state index in [9.17, 15) is 0 Å². The Morgan fingerprint density at radius 2 is 1.43 bits per heavy atom. The van der Waals surface area contributed by atoms with Gasteiger partial charge in [0, 0.05) is 5.92 Å². The zero-order valence-corrected chi connectivity index (χ0v) is 20.9. The van der Waals surface area contributed by atoms with Gasteiger partial charge in [-0.25, -0.2) is 0 Å². The van der Waals surface area contributed by atoms with Crippen molar-refractivity contribution in [3.8, 4) is 5.75 Å². The summed E-state index contributed by atoms with van der Waals surface area (Å²) in [7, 11) is -0.345. The molecule has 4 nitrogen and oxygen atoms in total. The number of methoxy groups -OCH3 is 1. The van der Waals surface area contributed by atoms with E-state index >= 15 is 0 Å². The molecule has 1 saturated heterocycles. The first-order chi connectivity index (χ1) is 14.2. The van der Waals surface area contributed by atoms with E-state index in [0.717, 1.165) is 11.3 Å². The molecule has 0 radical (unpaired) electrons. The molecule has 2 aliphatic rings. The Morgan fingerprint density at radius 1 is 0.867 bits per heavy atom. The van der Waals surface area contributed by atoms with E-state index in [-0.39, 0.29) is 30.3 Å². The molecule has 1 aromatic rings. The van der Waals surface area contributed by atoms with Crippen LogP contribution < -0.4 is 4.74 Å². The fourth-order valence-electron chi connectivity index (χ4n) is 5.57. The summed E-state index contributed by atoms with van der Waals surface area (Å²) in [6.07, 6.45) is 4.41. The van der Waals surface area contributed by atoms with Crippen molar-refractivity contribution < 1.29 is 18.6 Å². The quantitative estimate of drug-likeness (QED) is 0.348. The van der Waals surface area contributed by atoms with Crippen LogP contribution in [-0.2, 0) is 20.5 Å². The van der Waals surface area contributed by atoms with Crippen LogP contribution in [-0.4, -0.2) is 39.8 Å². The van der Waals surface area contributed by atoms with Crippen LogP contribution in [0.5, 0.6) is 5.75 Å². The molecule has 168 valence electrons. The molecule has 2 aliphatic heterocycles. The predicted molar refractivity (Wildman–Crippen MR) is 124 cm³/mol. The molecule has 0 unspecified atom stereocenters. The lowest BCUT2D eigenvalue weighted by atomic mass is 9.92. The van der Waals surface area contributed by atoms with Gasteiger partial charge < -0.3 is 18.6 Å². The second-order valence-electron chi connectivity index (χ2n) is 9.83. The van der Waals surface area contributed by atoms with E-state index < -0.39 is 8.32 Å². The van der Waals surface area contributed by atoms with E-state index in [1.807, 2.05) is 12.1 Å². The van der Waals surface area contributed by atoms with Crippen molar-refractivity contribution in [3.63, 3.8) is 0 Å². The number of benzene rings is 1. The van der Waals surface area contributed by atoms with Gasteiger partial charge in [-0.2, -0.15) is 0 Å². The Hall–Kier alpha value is -1.14. The van der Waals surface area contributed by atoms with Crippen molar-refractivity contribution in [3.05, 3.63) is 42.0 Å². The van der Waals surface area contributed by atoms with Crippen LogP contribution in [0.25, 0.3) is 0 Å². The Labute approximate surface area is 184 Å². The van der Waals surface area contributed by atoms with Gasteiger partial charge in [0.05, 0.1) is 25.9 Å². The van der Waals surface area contributed by atoms with Crippen LogP contribution in [0.4, 0.5) is 0 Å². The maximum Gasteiger partial charge on any atom is 0.200 e. The van der Waals surface area contributed by atoms with Gasteiger partial charge in [-0.15, -0.1) is 0 Å². The van der Waals surface area contributed by atoms with Crippen LogP contribution in [0.15, 0.2) is 36.4 Å². The van der Waals surface area contributed by atoms with Crippen molar-refractivity contribution in [2.24, 2.45) is 5.92 Å². The van der Waals surface area contributed by atoms with Crippen LogP contribution in [0.1, 0.15) is 54.0 Å². The lowest BCUT2D eigenvalue weighted by molar-refractivity contribution is -0.177. The van der Waals surface area contributed by atoms with E-state index in [1.165, 1.54) is 0 Å². The molecule has 0 saturated carbocycles. The third kappa shape index (κ3) is 4.40. The van der Waals surface area contributed by atoms with E-state index in [1.54, 1.807) is 7.11 Å². The first kappa shape index (κ1) is 23.5. The summed E-state index contributed by atoms with van der Waals surface area (Å²) in [5, 5.41) is 0. The third-order valence-corrected chi connectivity index (χ3v) is 13.2. The molecular weight excluding hydrogens is 392 g/mol.